The molecule has 13 rings (SSSR count). The summed E-state index contributed by atoms with van der Waals surface area (Å²) in [6.45, 7) is 0. The summed E-state index contributed by atoms with van der Waals surface area (Å²) in [5.41, 5.74) is 19.6. The smallest absolute Gasteiger partial charge is 0.0722 e. The second-order valence-electron chi connectivity index (χ2n) is 16.2. The molecule has 3 aliphatic carbocycles. The van der Waals surface area contributed by atoms with E-state index in [2.05, 4.69) is 205 Å². The minimum Gasteiger partial charge on any atom is -0.309 e. The first-order chi connectivity index (χ1) is 28.8. The van der Waals surface area contributed by atoms with Crippen molar-refractivity contribution in [2.24, 2.45) is 0 Å². The zero-order chi connectivity index (χ0) is 38.0. The van der Waals surface area contributed by atoms with Crippen LogP contribution in [0.2, 0.25) is 0 Å². The van der Waals surface area contributed by atoms with Gasteiger partial charge >= 0.3 is 0 Å². The van der Waals surface area contributed by atoms with Gasteiger partial charge in [0.05, 0.1) is 16.4 Å². The third kappa shape index (κ3) is 4.10. The molecule has 1 heterocycles. The quantitative estimate of drug-likeness (QED) is 0.159. The van der Waals surface area contributed by atoms with E-state index >= 15 is 0 Å². The molecule has 1 nitrogen and oxygen atoms in total. The average Bonchev–Trinajstić information content (AvgIpc) is 3.90. The molecule has 0 radical (unpaired) electrons. The minimum atomic E-state index is -0.343. The molecule has 270 valence electrons. The monoisotopic (exact) mass is 735 g/mol. The average molecular weight is 736 g/mol. The van der Waals surface area contributed by atoms with Crippen LogP contribution in [0.4, 0.5) is 0 Å². The van der Waals surface area contributed by atoms with Crippen molar-refractivity contribution in [1.82, 2.24) is 4.57 Å². The topological polar surface area (TPSA) is 4.93 Å². The van der Waals surface area contributed by atoms with Gasteiger partial charge in [-0.1, -0.05) is 164 Å². The SMILES string of the molecule is C1=CC2=C(CC1)c1ccccc1C21c2ccccc2-c2ccc(-c3c4ccccc4c(-c4ccc5c(c4)c4ccccc4n5-c4ccccc4)c4ccccc34)cc21. The van der Waals surface area contributed by atoms with Crippen molar-refractivity contribution in [1.29, 1.82) is 0 Å². The first kappa shape index (κ1) is 31.9. The summed E-state index contributed by atoms with van der Waals surface area (Å²) >= 11 is 0. The number of fused-ring (bicyclic) bond motifs is 14. The van der Waals surface area contributed by atoms with E-state index in [4.69, 9.17) is 0 Å². The van der Waals surface area contributed by atoms with Gasteiger partial charge in [-0.25, -0.2) is 0 Å². The Kier molecular flexibility index (Phi) is 6.55. The fraction of sp³-hybridized carbons (Fsp3) is 0.0526. The van der Waals surface area contributed by atoms with Crippen molar-refractivity contribution < 1.29 is 0 Å². The van der Waals surface area contributed by atoms with E-state index in [1.165, 1.54) is 116 Å². The van der Waals surface area contributed by atoms with E-state index in [1.807, 2.05) is 0 Å². The predicted octanol–water partition coefficient (Wildman–Crippen LogP) is 14.9. The van der Waals surface area contributed by atoms with Crippen LogP contribution in [0.1, 0.15) is 35.1 Å². The summed E-state index contributed by atoms with van der Waals surface area (Å²) in [5.74, 6) is 0. The Balaban J connectivity index is 1.08. The molecule has 0 saturated heterocycles. The van der Waals surface area contributed by atoms with Gasteiger partial charge in [0.25, 0.3) is 0 Å². The number of allylic oxidation sites excluding steroid dienone is 4. The highest BCUT2D eigenvalue weighted by atomic mass is 15.0. The highest BCUT2D eigenvalue weighted by Crippen LogP contribution is 2.64. The molecule has 0 bridgehead atoms. The number of aromatic nitrogens is 1. The van der Waals surface area contributed by atoms with Gasteiger partial charge in [0.1, 0.15) is 0 Å². The Morgan fingerprint density at radius 1 is 0.397 bits per heavy atom. The minimum absolute atomic E-state index is 0.343. The zero-order valence-electron chi connectivity index (χ0n) is 31.9. The van der Waals surface area contributed by atoms with Crippen LogP contribution < -0.4 is 0 Å². The van der Waals surface area contributed by atoms with Crippen molar-refractivity contribution in [2.75, 3.05) is 0 Å². The Hall–Kier alpha value is -7.22. The van der Waals surface area contributed by atoms with Crippen LogP contribution in [0.5, 0.6) is 0 Å². The maximum absolute atomic E-state index is 2.56. The van der Waals surface area contributed by atoms with Gasteiger partial charge < -0.3 is 4.57 Å². The van der Waals surface area contributed by atoms with Gasteiger partial charge in [-0.3, -0.25) is 0 Å². The molecule has 10 aromatic rings. The van der Waals surface area contributed by atoms with Gasteiger partial charge in [0, 0.05) is 16.5 Å². The summed E-state index contributed by atoms with van der Waals surface area (Å²) in [6, 6.07) is 70.6. The fourth-order valence-corrected chi connectivity index (χ4v) is 11.3. The summed E-state index contributed by atoms with van der Waals surface area (Å²) < 4.78 is 2.40. The summed E-state index contributed by atoms with van der Waals surface area (Å²) in [7, 11) is 0. The van der Waals surface area contributed by atoms with Gasteiger partial charge in [-0.05, 0) is 138 Å². The van der Waals surface area contributed by atoms with E-state index in [-0.39, 0.29) is 5.41 Å². The lowest BCUT2D eigenvalue weighted by Crippen LogP contribution is -2.27. The molecular formula is C57H37N. The number of hydrogen-bond donors (Lipinski definition) is 0. The summed E-state index contributed by atoms with van der Waals surface area (Å²) in [6.07, 6.45) is 7.01. The number of hydrogen-bond acceptors (Lipinski definition) is 0. The molecule has 0 N–H and O–H groups in total. The predicted molar refractivity (Wildman–Crippen MR) is 244 cm³/mol. The molecule has 9 aromatic carbocycles. The van der Waals surface area contributed by atoms with Crippen LogP contribution in [0.3, 0.4) is 0 Å². The molecule has 0 aliphatic heterocycles. The largest absolute Gasteiger partial charge is 0.309 e. The Morgan fingerprint density at radius 3 is 1.66 bits per heavy atom. The van der Waals surface area contributed by atoms with E-state index in [1.54, 1.807) is 0 Å². The van der Waals surface area contributed by atoms with Crippen LogP contribution in [-0.4, -0.2) is 4.57 Å². The zero-order valence-corrected chi connectivity index (χ0v) is 31.9. The number of para-hydroxylation sites is 2. The van der Waals surface area contributed by atoms with Crippen LogP contribution in [0.15, 0.2) is 206 Å². The van der Waals surface area contributed by atoms with Crippen molar-refractivity contribution in [3.05, 3.63) is 228 Å². The Labute approximate surface area is 337 Å². The van der Waals surface area contributed by atoms with Crippen molar-refractivity contribution >= 4 is 48.9 Å². The van der Waals surface area contributed by atoms with Crippen molar-refractivity contribution in [3.63, 3.8) is 0 Å². The Morgan fingerprint density at radius 2 is 0.931 bits per heavy atom. The van der Waals surface area contributed by atoms with Gasteiger partial charge in [-0.2, -0.15) is 0 Å². The van der Waals surface area contributed by atoms with E-state index in [0.717, 1.165) is 12.8 Å². The third-order valence-corrected chi connectivity index (χ3v) is 13.5. The molecule has 1 aromatic heterocycles. The Bertz CT molecular complexity index is 3390. The second-order valence-corrected chi connectivity index (χ2v) is 16.2. The number of nitrogens with zero attached hydrogens (tertiary/aromatic N) is 1. The van der Waals surface area contributed by atoms with Gasteiger partial charge in [0.2, 0.25) is 0 Å². The molecule has 1 heteroatoms. The first-order valence-corrected chi connectivity index (χ1v) is 20.6. The van der Waals surface area contributed by atoms with Gasteiger partial charge in [-0.15, -0.1) is 0 Å². The molecule has 1 spiro atoms. The lowest BCUT2D eigenvalue weighted by molar-refractivity contribution is 0.781. The number of rotatable bonds is 3. The molecule has 58 heavy (non-hydrogen) atoms. The van der Waals surface area contributed by atoms with E-state index in [9.17, 15) is 0 Å². The molecule has 3 aliphatic rings. The molecular weight excluding hydrogens is 699 g/mol. The van der Waals surface area contributed by atoms with Crippen LogP contribution in [0.25, 0.3) is 88.0 Å². The molecule has 1 atom stereocenters. The standard InChI is InChI=1S/C57H37N/c1-2-16-38(17-3-1)58-53-29-15-11-21-43(53)48-34-36(31-33-54(48)58)55-44-22-4-6-24-46(44)56(47-25-7-5-23-45(47)55)37-30-32-42-41-20-10-14-28-51(41)57(52(42)35-37)49-26-12-8-18-39(49)40-19-9-13-27-50(40)57/h1-8,10-18,20-35H,9,19H2. The van der Waals surface area contributed by atoms with E-state index in [0.29, 0.717) is 0 Å². The maximum Gasteiger partial charge on any atom is 0.0722 e. The fourth-order valence-electron chi connectivity index (χ4n) is 11.3. The third-order valence-electron chi connectivity index (χ3n) is 13.5. The van der Waals surface area contributed by atoms with Crippen molar-refractivity contribution in [2.45, 2.75) is 18.3 Å². The van der Waals surface area contributed by atoms with Crippen molar-refractivity contribution in [3.8, 4) is 39.1 Å². The lowest BCUT2D eigenvalue weighted by atomic mass is 9.68. The number of benzene rings is 9. The van der Waals surface area contributed by atoms with Gasteiger partial charge in [0.15, 0.2) is 0 Å². The lowest BCUT2D eigenvalue weighted by Gasteiger charge is -2.32. The highest BCUT2D eigenvalue weighted by Gasteiger charge is 2.52. The van der Waals surface area contributed by atoms with Crippen LogP contribution in [-0.2, 0) is 5.41 Å². The molecule has 0 amide bonds. The van der Waals surface area contributed by atoms with Crippen LogP contribution >= 0.6 is 0 Å². The molecule has 0 fully saturated rings. The van der Waals surface area contributed by atoms with Crippen LogP contribution in [0, 0.1) is 0 Å². The first-order valence-electron chi connectivity index (χ1n) is 20.6. The maximum atomic E-state index is 2.56. The highest BCUT2D eigenvalue weighted by molar-refractivity contribution is 6.22. The second kappa shape index (κ2) is 11.9. The normalized spacial score (nSPS) is 16.4. The summed E-state index contributed by atoms with van der Waals surface area (Å²) in [5, 5.41) is 7.62. The summed E-state index contributed by atoms with van der Waals surface area (Å²) in [4.78, 5) is 0. The molecule has 1 unspecified atom stereocenters. The van der Waals surface area contributed by atoms with E-state index < -0.39 is 0 Å². The molecule has 0 saturated carbocycles.